The van der Waals surface area contributed by atoms with Gasteiger partial charge in [-0.25, -0.2) is 0 Å². The Morgan fingerprint density at radius 1 is 1.15 bits per heavy atom. The van der Waals surface area contributed by atoms with Crippen molar-refractivity contribution in [2.75, 3.05) is 13.6 Å². The maximum Gasteiger partial charge on any atom is 0.0529 e. The second-order valence-electron chi connectivity index (χ2n) is 7.60. The highest BCUT2D eigenvalue weighted by Crippen LogP contribution is 2.38. The van der Waals surface area contributed by atoms with Crippen LogP contribution in [-0.4, -0.2) is 23.1 Å². The minimum atomic E-state index is 0.367. The molecular weight excluding hydrogens is 375 g/mol. The van der Waals surface area contributed by atoms with Gasteiger partial charge in [-0.05, 0) is 75.2 Å². The van der Waals surface area contributed by atoms with E-state index in [4.69, 9.17) is 23.2 Å². The summed E-state index contributed by atoms with van der Waals surface area (Å²) < 4.78 is 2.37. The molecule has 27 heavy (non-hydrogen) atoms. The Hall–Kier alpha value is -1.74. The highest BCUT2D eigenvalue weighted by Gasteiger charge is 2.27. The Labute approximate surface area is 171 Å². The zero-order valence-electron chi connectivity index (χ0n) is 16.2. The van der Waals surface area contributed by atoms with Gasteiger partial charge < -0.3 is 4.57 Å². The van der Waals surface area contributed by atoms with Gasteiger partial charge in [-0.2, -0.15) is 0 Å². The lowest BCUT2D eigenvalue weighted by Gasteiger charge is -2.31. The van der Waals surface area contributed by atoms with Gasteiger partial charge in [0, 0.05) is 39.9 Å². The summed E-state index contributed by atoms with van der Waals surface area (Å²) in [7, 11) is 2.20. The quantitative estimate of drug-likeness (QED) is 0.459. The lowest BCUT2D eigenvalue weighted by atomic mass is 9.98. The fraction of sp³-hybridized carbons (Fsp3) is 0.304. The van der Waals surface area contributed by atoms with E-state index < -0.39 is 0 Å². The lowest BCUT2D eigenvalue weighted by Crippen LogP contribution is -2.31. The maximum absolute atomic E-state index is 6.46. The molecule has 4 heteroatoms. The van der Waals surface area contributed by atoms with E-state index in [0.717, 1.165) is 24.1 Å². The van der Waals surface area contributed by atoms with Crippen molar-refractivity contribution in [1.82, 2.24) is 9.47 Å². The van der Waals surface area contributed by atoms with Gasteiger partial charge in [-0.1, -0.05) is 40.9 Å². The summed E-state index contributed by atoms with van der Waals surface area (Å²) in [5.74, 6) is 0. The van der Waals surface area contributed by atoms with Crippen LogP contribution in [0.1, 0.15) is 42.3 Å². The molecule has 0 fully saturated rings. The molecule has 3 aromatic rings. The Bertz CT molecular complexity index is 1060. The fourth-order valence-electron chi connectivity index (χ4n) is 4.13. The first-order valence-electron chi connectivity index (χ1n) is 9.34. The zero-order valence-corrected chi connectivity index (χ0v) is 17.7. The molecule has 2 heterocycles. The number of hydrogen-bond donors (Lipinski definition) is 0. The Morgan fingerprint density at radius 3 is 2.67 bits per heavy atom. The SMILES string of the molecule is CC(=Cn1c2c(c3cc(C)ccc31)CCN(C)C2C)c1ccc(Cl)cc1Cl. The van der Waals surface area contributed by atoms with Crippen LogP contribution in [0.3, 0.4) is 0 Å². The van der Waals surface area contributed by atoms with Gasteiger partial charge >= 0.3 is 0 Å². The van der Waals surface area contributed by atoms with Crippen LogP contribution in [0, 0.1) is 6.92 Å². The number of nitrogens with zero attached hydrogens (tertiary/aromatic N) is 2. The van der Waals surface area contributed by atoms with E-state index in [1.807, 2.05) is 12.1 Å². The Balaban J connectivity index is 1.96. The normalized spacial score (nSPS) is 18.1. The average Bonchev–Trinajstić information content (AvgIpc) is 2.91. The van der Waals surface area contributed by atoms with Crippen LogP contribution in [0.2, 0.25) is 10.0 Å². The topological polar surface area (TPSA) is 8.17 Å². The molecule has 0 saturated carbocycles. The van der Waals surface area contributed by atoms with Gasteiger partial charge in [-0.15, -0.1) is 0 Å². The molecule has 4 rings (SSSR count). The van der Waals surface area contributed by atoms with Gasteiger partial charge in [0.2, 0.25) is 0 Å². The molecule has 1 aliphatic heterocycles. The molecule has 1 atom stereocenters. The van der Waals surface area contributed by atoms with Crippen LogP contribution in [0.25, 0.3) is 22.7 Å². The van der Waals surface area contributed by atoms with Crippen LogP contribution in [-0.2, 0) is 6.42 Å². The molecule has 1 aliphatic rings. The van der Waals surface area contributed by atoms with Crippen molar-refractivity contribution in [1.29, 1.82) is 0 Å². The van der Waals surface area contributed by atoms with Crippen molar-refractivity contribution in [3.63, 3.8) is 0 Å². The summed E-state index contributed by atoms with van der Waals surface area (Å²) in [5.41, 5.74) is 7.56. The Morgan fingerprint density at radius 2 is 1.93 bits per heavy atom. The van der Waals surface area contributed by atoms with Crippen molar-refractivity contribution in [2.24, 2.45) is 0 Å². The first kappa shape index (κ1) is 18.6. The maximum atomic E-state index is 6.46. The fourth-order valence-corrected chi connectivity index (χ4v) is 4.69. The van der Waals surface area contributed by atoms with Crippen molar-refractivity contribution in [3.8, 4) is 0 Å². The molecule has 0 spiro atoms. The highest BCUT2D eigenvalue weighted by atomic mass is 35.5. The first-order chi connectivity index (χ1) is 12.9. The van der Waals surface area contributed by atoms with E-state index in [1.165, 1.54) is 27.7 Å². The summed E-state index contributed by atoms with van der Waals surface area (Å²) in [6.07, 6.45) is 3.30. The number of fused-ring (bicyclic) bond motifs is 3. The van der Waals surface area contributed by atoms with Crippen LogP contribution < -0.4 is 0 Å². The van der Waals surface area contributed by atoms with Crippen LogP contribution in [0.5, 0.6) is 0 Å². The molecule has 0 bridgehead atoms. The summed E-state index contributed by atoms with van der Waals surface area (Å²) in [4.78, 5) is 2.42. The minimum Gasteiger partial charge on any atom is -0.318 e. The first-order valence-corrected chi connectivity index (χ1v) is 10.1. The number of likely N-dealkylation sites (N-methyl/N-ethyl adjacent to an activating group) is 1. The lowest BCUT2D eigenvalue weighted by molar-refractivity contribution is 0.242. The van der Waals surface area contributed by atoms with Gasteiger partial charge in [-0.3, -0.25) is 4.90 Å². The third kappa shape index (κ3) is 3.20. The summed E-state index contributed by atoms with van der Waals surface area (Å²) >= 11 is 12.5. The number of aryl methyl sites for hydroxylation is 1. The highest BCUT2D eigenvalue weighted by molar-refractivity contribution is 6.35. The molecule has 0 amide bonds. The van der Waals surface area contributed by atoms with Crippen LogP contribution in [0.15, 0.2) is 36.4 Å². The van der Waals surface area contributed by atoms with E-state index >= 15 is 0 Å². The Kier molecular flexibility index (Phi) is 4.84. The van der Waals surface area contributed by atoms with Gasteiger partial charge in [0.05, 0.1) is 5.52 Å². The third-order valence-electron chi connectivity index (χ3n) is 5.76. The predicted molar refractivity (Wildman–Crippen MR) is 118 cm³/mol. The van der Waals surface area contributed by atoms with Crippen molar-refractivity contribution < 1.29 is 0 Å². The van der Waals surface area contributed by atoms with Crippen molar-refractivity contribution in [2.45, 2.75) is 33.2 Å². The number of allylic oxidation sites excluding steroid dienone is 1. The predicted octanol–water partition coefficient (Wildman–Crippen LogP) is 6.82. The van der Waals surface area contributed by atoms with Crippen LogP contribution >= 0.6 is 23.2 Å². The minimum absolute atomic E-state index is 0.367. The van der Waals surface area contributed by atoms with Crippen molar-refractivity contribution in [3.05, 3.63) is 68.8 Å². The van der Waals surface area contributed by atoms with E-state index in [-0.39, 0.29) is 0 Å². The second-order valence-corrected chi connectivity index (χ2v) is 8.44. The van der Waals surface area contributed by atoms with E-state index in [1.54, 1.807) is 6.07 Å². The molecule has 1 aromatic heterocycles. The molecular formula is C23H24Cl2N2. The van der Waals surface area contributed by atoms with Gasteiger partial charge in [0.25, 0.3) is 0 Å². The monoisotopic (exact) mass is 398 g/mol. The molecule has 140 valence electrons. The summed E-state index contributed by atoms with van der Waals surface area (Å²) in [6, 6.07) is 12.8. The van der Waals surface area contributed by atoms with Crippen LogP contribution in [0.4, 0.5) is 0 Å². The number of halogens is 2. The summed E-state index contributed by atoms with van der Waals surface area (Å²) in [6.45, 7) is 7.65. The third-order valence-corrected chi connectivity index (χ3v) is 6.30. The van der Waals surface area contributed by atoms with Crippen molar-refractivity contribution >= 4 is 45.9 Å². The van der Waals surface area contributed by atoms with Gasteiger partial charge in [0.15, 0.2) is 0 Å². The number of benzene rings is 2. The molecule has 0 radical (unpaired) electrons. The number of hydrogen-bond acceptors (Lipinski definition) is 1. The molecule has 1 unspecified atom stereocenters. The molecule has 2 aromatic carbocycles. The molecule has 0 N–H and O–H groups in total. The molecule has 0 saturated heterocycles. The van der Waals surface area contributed by atoms with E-state index in [2.05, 4.69) is 61.7 Å². The summed E-state index contributed by atoms with van der Waals surface area (Å²) in [5, 5.41) is 2.71. The second kappa shape index (κ2) is 7.01. The average molecular weight is 399 g/mol. The molecule has 2 nitrogen and oxygen atoms in total. The zero-order chi connectivity index (χ0) is 19.3. The number of rotatable bonds is 2. The smallest absolute Gasteiger partial charge is 0.0529 e. The standard InChI is InChI=1S/C23H24Cl2N2/c1-14-5-8-22-20(11-14)19-9-10-26(4)16(3)23(19)27(22)13-15(2)18-7-6-17(24)12-21(18)25/h5-8,11-13,16H,9-10H2,1-4H3. The van der Waals surface area contributed by atoms with E-state index in [9.17, 15) is 0 Å². The van der Waals surface area contributed by atoms with Gasteiger partial charge in [0.1, 0.15) is 0 Å². The number of aromatic nitrogens is 1. The largest absolute Gasteiger partial charge is 0.318 e. The van der Waals surface area contributed by atoms with E-state index in [0.29, 0.717) is 16.1 Å². The molecule has 0 aliphatic carbocycles.